The van der Waals surface area contributed by atoms with E-state index in [1.54, 1.807) is 13.8 Å². The van der Waals surface area contributed by atoms with Crippen molar-refractivity contribution in [3.8, 4) is 0 Å². The smallest absolute Gasteiger partial charge is 0.254 e. The summed E-state index contributed by atoms with van der Waals surface area (Å²) in [6, 6.07) is 0.876. The Morgan fingerprint density at radius 2 is 1.88 bits per heavy atom. The van der Waals surface area contributed by atoms with Gasteiger partial charge in [0.2, 0.25) is 5.91 Å². The van der Waals surface area contributed by atoms with E-state index in [-0.39, 0.29) is 23.9 Å². The summed E-state index contributed by atoms with van der Waals surface area (Å²) in [4.78, 5) is 34.1. The van der Waals surface area contributed by atoms with Crippen LogP contribution in [0.4, 0.5) is 0 Å². The van der Waals surface area contributed by atoms with Crippen molar-refractivity contribution in [3.63, 3.8) is 0 Å². The van der Waals surface area contributed by atoms with Crippen LogP contribution < -0.4 is 10.9 Å². The zero-order valence-electron chi connectivity index (χ0n) is 16.1. The molecule has 0 aromatic carbocycles. The molecule has 1 aliphatic carbocycles. The molecule has 1 saturated carbocycles. The van der Waals surface area contributed by atoms with Gasteiger partial charge in [0.25, 0.3) is 5.56 Å². The summed E-state index contributed by atoms with van der Waals surface area (Å²) in [6.07, 6.45) is 10.2. The van der Waals surface area contributed by atoms with E-state index in [1.165, 1.54) is 38.5 Å². The third-order valence-corrected chi connectivity index (χ3v) is 5.84. The molecule has 1 amide bonds. The molecule has 6 heteroatoms. The molecule has 3 rings (SSSR count). The van der Waals surface area contributed by atoms with Gasteiger partial charge in [0, 0.05) is 29.9 Å². The van der Waals surface area contributed by atoms with Crippen molar-refractivity contribution in [2.24, 2.45) is 0 Å². The number of carbonyl (C=O) groups is 1. The van der Waals surface area contributed by atoms with Crippen LogP contribution in [-0.4, -0.2) is 45.9 Å². The molecule has 0 bridgehead atoms. The van der Waals surface area contributed by atoms with Gasteiger partial charge in [-0.1, -0.05) is 25.7 Å². The average molecular weight is 361 g/mol. The number of nitrogens with one attached hydrogen (secondary N) is 2. The van der Waals surface area contributed by atoms with Gasteiger partial charge in [0.1, 0.15) is 5.82 Å². The maximum absolute atomic E-state index is 12.5. The predicted octanol–water partition coefficient (Wildman–Crippen LogP) is 2.23. The van der Waals surface area contributed by atoms with Crippen LogP contribution in [0.3, 0.4) is 0 Å². The highest BCUT2D eigenvalue weighted by molar-refractivity contribution is 5.79. The average Bonchev–Trinajstić information content (AvgIpc) is 2.88. The van der Waals surface area contributed by atoms with E-state index in [4.69, 9.17) is 0 Å². The second-order valence-electron chi connectivity index (χ2n) is 7.94. The summed E-state index contributed by atoms with van der Waals surface area (Å²) >= 11 is 0. The number of aromatic amines is 1. The van der Waals surface area contributed by atoms with Crippen molar-refractivity contribution in [1.82, 2.24) is 20.2 Å². The molecule has 1 atom stereocenters. The molecule has 1 aromatic heterocycles. The number of hydrogen-bond donors (Lipinski definition) is 2. The SMILES string of the molecule is Cc1nc(C)c(CC(=O)N[C@@H]2CCCN(C3CCCCCC3)C2)c(=O)[nH]1. The molecule has 2 heterocycles. The first-order valence-electron chi connectivity index (χ1n) is 10.1. The van der Waals surface area contributed by atoms with Crippen LogP contribution in [-0.2, 0) is 11.2 Å². The van der Waals surface area contributed by atoms with E-state index in [1.807, 2.05) is 0 Å². The molecule has 1 saturated heterocycles. The number of likely N-dealkylation sites (tertiary alicyclic amines) is 1. The number of carbonyl (C=O) groups excluding carboxylic acids is 1. The topological polar surface area (TPSA) is 78.1 Å². The molecular weight excluding hydrogens is 328 g/mol. The van der Waals surface area contributed by atoms with Crippen molar-refractivity contribution in [3.05, 3.63) is 27.4 Å². The van der Waals surface area contributed by atoms with Gasteiger partial charge in [-0.05, 0) is 46.1 Å². The molecule has 2 aliphatic rings. The normalized spacial score (nSPS) is 22.8. The zero-order valence-corrected chi connectivity index (χ0v) is 16.1. The monoisotopic (exact) mass is 360 g/mol. The second-order valence-corrected chi connectivity index (χ2v) is 7.94. The van der Waals surface area contributed by atoms with Crippen LogP contribution in [0.1, 0.15) is 68.4 Å². The largest absolute Gasteiger partial charge is 0.352 e. The van der Waals surface area contributed by atoms with Crippen LogP contribution in [0.2, 0.25) is 0 Å². The first kappa shape index (κ1) is 19.1. The van der Waals surface area contributed by atoms with Crippen LogP contribution in [0, 0.1) is 13.8 Å². The molecule has 0 radical (unpaired) electrons. The van der Waals surface area contributed by atoms with E-state index in [2.05, 4.69) is 20.2 Å². The minimum absolute atomic E-state index is 0.0723. The van der Waals surface area contributed by atoms with Crippen LogP contribution in [0.25, 0.3) is 0 Å². The first-order chi connectivity index (χ1) is 12.5. The molecular formula is C20H32N4O2. The fourth-order valence-electron chi connectivity index (χ4n) is 4.48. The Balaban J connectivity index is 1.56. The number of aryl methyl sites for hydroxylation is 2. The van der Waals surface area contributed by atoms with Gasteiger partial charge in [0.05, 0.1) is 6.42 Å². The summed E-state index contributed by atoms with van der Waals surface area (Å²) < 4.78 is 0. The maximum Gasteiger partial charge on any atom is 0.254 e. The molecule has 26 heavy (non-hydrogen) atoms. The molecule has 1 aromatic rings. The van der Waals surface area contributed by atoms with Crippen molar-refractivity contribution in [2.45, 2.75) is 83.7 Å². The summed E-state index contributed by atoms with van der Waals surface area (Å²) in [7, 11) is 0. The maximum atomic E-state index is 12.5. The molecule has 0 spiro atoms. The lowest BCUT2D eigenvalue weighted by molar-refractivity contribution is -0.121. The van der Waals surface area contributed by atoms with Crippen LogP contribution >= 0.6 is 0 Å². The fourth-order valence-corrected chi connectivity index (χ4v) is 4.48. The van der Waals surface area contributed by atoms with Crippen molar-refractivity contribution >= 4 is 5.91 Å². The Morgan fingerprint density at radius 1 is 1.15 bits per heavy atom. The number of amides is 1. The summed E-state index contributed by atoms with van der Waals surface area (Å²) in [5, 5.41) is 3.16. The number of rotatable bonds is 4. The first-order valence-corrected chi connectivity index (χ1v) is 10.1. The molecule has 2 fully saturated rings. The highest BCUT2D eigenvalue weighted by Gasteiger charge is 2.27. The minimum Gasteiger partial charge on any atom is -0.352 e. The van der Waals surface area contributed by atoms with Gasteiger partial charge in [-0.15, -0.1) is 0 Å². The standard InChI is InChI=1S/C20H32N4O2/c1-14-18(20(26)22-15(2)21-14)12-19(25)23-16-8-7-11-24(13-16)17-9-5-3-4-6-10-17/h16-17H,3-13H2,1-2H3,(H,23,25)(H,21,22,26)/t16-/m1/s1. The molecule has 144 valence electrons. The van der Waals surface area contributed by atoms with Crippen LogP contribution in [0.5, 0.6) is 0 Å². The molecule has 2 N–H and O–H groups in total. The van der Waals surface area contributed by atoms with Gasteiger partial charge in [-0.2, -0.15) is 0 Å². The summed E-state index contributed by atoms with van der Waals surface area (Å²) in [6.45, 7) is 5.64. The number of hydrogen-bond acceptors (Lipinski definition) is 4. The van der Waals surface area contributed by atoms with Gasteiger partial charge in [0.15, 0.2) is 0 Å². The lowest BCUT2D eigenvalue weighted by Gasteiger charge is -2.38. The quantitative estimate of drug-likeness (QED) is 0.807. The van der Waals surface area contributed by atoms with E-state index >= 15 is 0 Å². The molecule has 1 aliphatic heterocycles. The minimum atomic E-state index is -0.200. The Labute approximate surface area is 155 Å². The van der Waals surface area contributed by atoms with E-state index in [0.29, 0.717) is 23.1 Å². The van der Waals surface area contributed by atoms with Gasteiger partial charge in [-0.25, -0.2) is 4.98 Å². The van der Waals surface area contributed by atoms with Gasteiger partial charge >= 0.3 is 0 Å². The summed E-state index contributed by atoms with van der Waals surface area (Å²) in [5.74, 6) is 0.514. The van der Waals surface area contributed by atoms with Gasteiger partial charge < -0.3 is 10.3 Å². The van der Waals surface area contributed by atoms with E-state index in [9.17, 15) is 9.59 Å². The van der Waals surface area contributed by atoms with E-state index in [0.717, 1.165) is 25.9 Å². The van der Waals surface area contributed by atoms with Crippen LogP contribution in [0.15, 0.2) is 4.79 Å². The predicted molar refractivity (Wildman–Crippen MR) is 102 cm³/mol. The Bertz CT molecular complexity index is 677. The fraction of sp³-hybridized carbons (Fsp3) is 0.750. The number of H-pyrrole nitrogens is 1. The third kappa shape index (κ3) is 4.93. The summed E-state index contributed by atoms with van der Waals surface area (Å²) in [5.41, 5.74) is 0.920. The second kappa shape index (κ2) is 8.80. The van der Waals surface area contributed by atoms with E-state index < -0.39 is 0 Å². The number of piperidine rings is 1. The van der Waals surface area contributed by atoms with Crippen molar-refractivity contribution < 1.29 is 4.79 Å². The highest BCUT2D eigenvalue weighted by Crippen LogP contribution is 2.24. The number of aromatic nitrogens is 2. The Morgan fingerprint density at radius 3 is 2.58 bits per heavy atom. The third-order valence-electron chi connectivity index (χ3n) is 5.84. The lowest BCUT2D eigenvalue weighted by atomic mass is 9.99. The lowest BCUT2D eigenvalue weighted by Crippen LogP contribution is -2.51. The Hall–Kier alpha value is -1.69. The molecule has 6 nitrogen and oxygen atoms in total. The van der Waals surface area contributed by atoms with Gasteiger partial charge in [-0.3, -0.25) is 14.5 Å². The zero-order chi connectivity index (χ0) is 18.5. The number of nitrogens with zero attached hydrogens (tertiary/aromatic N) is 2. The molecule has 0 unspecified atom stereocenters. The highest BCUT2D eigenvalue weighted by atomic mass is 16.2. The Kier molecular flexibility index (Phi) is 6.46. The van der Waals surface area contributed by atoms with Crippen molar-refractivity contribution in [2.75, 3.05) is 13.1 Å². The van der Waals surface area contributed by atoms with Crippen molar-refractivity contribution in [1.29, 1.82) is 0 Å².